The lowest BCUT2D eigenvalue weighted by Crippen LogP contribution is -2.32. The molecule has 100 valence electrons. The monoisotopic (exact) mass is 246 g/mol. The second-order valence-corrected chi connectivity index (χ2v) is 5.40. The van der Waals surface area contributed by atoms with Gasteiger partial charge in [0, 0.05) is 6.04 Å². The molecule has 1 unspecified atom stereocenters. The predicted molar refractivity (Wildman–Crippen MR) is 77.9 cm³/mol. The Morgan fingerprint density at radius 3 is 2.94 bits per heavy atom. The summed E-state index contributed by atoms with van der Waals surface area (Å²) >= 11 is 0. The molecule has 0 aliphatic carbocycles. The molecule has 0 fully saturated rings. The molecule has 18 heavy (non-hydrogen) atoms. The zero-order valence-electron chi connectivity index (χ0n) is 11.8. The van der Waals surface area contributed by atoms with Gasteiger partial charge < -0.3 is 10.2 Å². The van der Waals surface area contributed by atoms with Crippen molar-refractivity contribution in [1.82, 2.24) is 10.2 Å². The minimum Gasteiger partial charge on any atom is -0.310 e. The SMILES string of the molecule is CCCCN(C)CCC1NCCc2ccccc21. The third-order valence-corrected chi connectivity index (χ3v) is 3.91. The van der Waals surface area contributed by atoms with Crippen molar-refractivity contribution in [3.8, 4) is 0 Å². The van der Waals surface area contributed by atoms with Crippen molar-refractivity contribution in [2.45, 2.75) is 38.6 Å². The highest BCUT2D eigenvalue weighted by Crippen LogP contribution is 2.25. The fourth-order valence-corrected chi connectivity index (χ4v) is 2.74. The van der Waals surface area contributed by atoms with Crippen LogP contribution in [0.5, 0.6) is 0 Å². The fraction of sp³-hybridized carbons (Fsp3) is 0.625. The van der Waals surface area contributed by atoms with E-state index in [1.54, 1.807) is 0 Å². The van der Waals surface area contributed by atoms with E-state index in [0.717, 1.165) is 6.54 Å². The number of rotatable bonds is 6. The van der Waals surface area contributed by atoms with Crippen LogP contribution in [-0.2, 0) is 6.42 Å². The van der Waals surface area contributed by atoms with E-state index < -0.39 is 0 Å². The van der Waals surface area contributed by atoms with Crippen LogP contribution in [0.15, 0.2) is 24.3 Å². The van der Waals surface area contributed by atoms with Gasteiger partial charge in [0.05, 0.1) is 0 Å². The van der Waals surface area contributed by atoms with Crippen molar-refractivity contribution < 1.29 is 0 Å². The average molecular weight is 246 g/mol. The number of unbranched alkanes of at least 4 members (excludes halogenated alkanes) is 1. The number of benzene rings is 1. The highest BCUT2D eigenvalue weighted by atomic mass is 15.1. The van der Waals surface area contributed by atoms with Crippen molar-refractivity contribution in [2.24, 2.45) is 0 Å². The second kappa shape index (κ2) is 6.91. The molecule has 0 aromatic heterocycles. The molecular formula is C16H26N2. The first-order chi connectivity index (χ1) is 8.81. The quantitative estimate of drug-likeness (QED) is 0.830. The molecule has 1 aliphatic heterocycles. The first-order valence-electron chi connectivity index (χ1n) is 7.31. The van der Waals surface area contributed by atoms with Gasteiger partial charge in [0.1, 0.15) is 0 Å². The summed E-state index contributed by atoms with van der Waals surface area (Å²) in [5.74, 6) is 0. The number of nitrogens with one attached hydrogen (secondary N) is 1. The van der Waals surface area contributed by atoms with Crippen LogP contribution >= 0.6 is 0 Å². The van der Waals surface area contributed by atoms with Crippen LogP contribution in [0.25, 0.3) is 0 Å². The lowest BCUT2D eigenvalue weighted by molar-refractivity contribution is 0.300. The van der Waals surface area contributed by atoms with Crippen molar-refractivity contribution in [3.05, 3.63) is 35.4 Å². The van der Waals surface area contributed by atoms with Gasteiger partial charge in [-0.2, -0.15) is 0 Å². The van der Waals surface area contributed by atoms with E-state index in [1.165, 1.54) is 49.9 Å². The van der Waals surface area contributed by atoms with Gasteiger partial charge in [-0.3, -0.25) is 0 Å². The van der Waals surface area contributed by atoms with Gasteiger partial charge in [0.15, 0.2) is 0 Å². The first kappa shape index (κ1) is 13.6. The minimum absolute atomic E-state index is 0.555. The maximum Gasteiger partial charge on any atom is 0.0335 e. The van der Waals surface area contributed by atoms with Crippen molar-refractivity contribution in [2.75, 3.05) is 26.7 Å². The molecule has 1 aromatic rings. The van der Waals surface area contributed by atoms with Crippen LogP contribution in [0.1, 0.15) is 43.4 Å². The standard InChI is InChI=1S/C16H26N2/c1-3-4-12-18(2)13-10-16-15-8-6-5-7-14(15)9-11-17-16/h5-8,16-17H,3-4,9-13H2,1-2H3. The fourth-order valence-electron chi connectivity index (χ4n) is 2.74. The van der Waals surface area contributed by atoms with E-state index in [0.29, 0.717) is 6.04 Å². The highest BCUT2D eigenvalue weighted by Gasteiger charge is 2.18. The molecular weight excluding hydrogens is 220 g/mol. The summed E-state index contributed by atoms with van der Waals surface area (Å²) in [5.41, 5.74) is 3.06. The lowest BCUT2D eigenvalue weighted by Gasteiger charge is -2.28. The van der Waals surface area contributed by atoms with Gasteiger partial charge in [-0.1, -0.05) is 37.6 Å². The minimum atomic E-state index is 0.555. The van der Waals surface area contributed by atoms with E-state index >= 15 is 0 Å². The average Bonchev–Trinajstić information content (AvgIpc) is 2.42. The number of nitrogens with zero attached hydrogens (tertiary/aromatic N) is 1. The first-order valence-corrected chi connectivity index (χ1v) is 7.31. The molecule has 0 saturated heterocycles. The summed E-state index contributed by atoms with van der Waals surface area (Å²) in [6.45, 7) is 5.80. The Hall–Kier alpha value is -0.860. The smallest absolute Gasteiger partial charge is 0.0335 e. The second-order valence-electron chi connectivity index (χ2n) is 5.40. The number of hydrogen-bond acceptors (Lipinski definition) is 2. The molecule has 0 spiro atoms. The molecule has 1 aliphatic rings. The Labute approximate surface area is 111 Å². The molecule has 1 aromatic carbocycles. The molecule has 0 saturated carbocycles. The third-order valence-electron chi connectivity index (χ3n) is 3.91. The normalized spacial score (nSPS) is 18.9. The third kappa shape index (κ3) is 3.56. The molecule has 2 rings (SSSR count). The molecule has 1 N–H and O–H groups in total. The van der Waals surface area contributed by atoms with Crippen LogP contribution in [-0.4, -0.2) is 31.6 Å². The van der Waals surface area contributed by atoms with Gasteiger partial charge >= 0.3 is 0 Å². The Morgan fingerprint density at radius 1 is 1.28 bits per heavy atom. The summed E-state index contributed by atoms with van der Waals surface area (Å²) in [5, 5.41) is 3.66. The number of fused-ring (bicyclic) bond motifs is 1. The van der Waals surface area contributed by atoms with Crippen molar-refractivity contribution in [1.29, 1.82) is 0 Å². The molecule has 1 atom stereocenters. The molecule has 2 heteroatoms. The molecule has 0 radical (unpaired) electrons. The summed E-state index contributed by atoms with van der Waals surface area (Å²) in [6.07, 6.45) is 5.00. The summed E-state index contributed by atoms with van der Waals surface area (Å²) in [6, 6.07) is 9.45. The Bertz CT molecular complexity index is 362. The van der Waals surface area contributed by atoms with Gasteiger partial charge in [-0.25, -0.2) is 0 Å². The summed E-state index contributed by atoms with van der Waals surface area (Å²) in [7, 11) is 2.24. The predicted octanol–water partition coefficient (Wildman–Crippen LogP) is 3.00. The Morgan fingerprint density at radius 2 is 2.11 bits per heavy atom. The van der Waals surface area contributed by atoms with Crippen LogP contribution in [0, 0.1) is 0 Å². The van der Waals surface area contributed by atoms with E-state index in [4.69, 9.17) is 0 Å². The van der Waals surface area contributed by atoms with Crippen molar-refractivity contribution >= 4 is 0 Å². The summed E-state index contributed by atoms with van der Waals surface area (Å²) < 4.78 is 0. The van der Waals surface area contributed by atoms with E-state index in [9.17, 15) is 0 Å². The van der Waals surface area contributed by atoms with Crippen molar-refractivity contribution in [3.63, 3.8) is 0 Å². The summed E-state index contributed by atoms with van der Waals surface area (Å²) in [4.78, 5) is 2.46. The largest absolute Gasteiger partial charge is 0.310 e. The Kier molecular flexibility index (Phi) is 5.21. The van der Waals surface area contributed by atoms with Gasteiger partial charge in [0.2, 0.25) is 0 Å². The lowest BCUT2D eigenvalue weighted by atomic mass is 9.92. The van der Waals surface area contributed by atoms with Crippen LogP contribution in [0.3, 0.4) is 0 Å². The Balaban J connectivity index is 1.87. The van der Waals surface area contributed by atoms with Gasteiger partial charge in [0.25, 0.3) is 0 Å². The van der Waals surface area contributed by atoms with Crippen LogP contribution in [0.2, 0.25) is 0 Å². The zero-order valence-corrected chi connectivity index (χ0v) is 11.8. The van der Waals surface area contributed by atoms with E-state index in [1.807, 2.05) is 0 Å². The maximum atomic E-state index is 3.66. The van der Waals surface area contributed by atoms with Crippen LogP contribution in [0.4, 0.5) is 0 Å². The zero-order chi connectivity index (χ0) is 12.8. The number of hydrogen-bond donors (Lipinski definition) is 1. The van der Waals surface area contributed by atoms with E-state index in [-0.39, 0.29) is 0 Å². The van der Waals surface area contributed by atoms with Gasteiger partial charge in [-0.05, 0) is 57.1 Å². The van der Waals surface area contributed by atoms with E-state index in [2.05, 4.69) is 48.5 Å². The highest BCUT2D eigenvalue weighted by molar-refractivity contribution is 5.32. The maximum absolute atomic E-state index is 3.66. The molecule has 2 nitrogen and oxygen atoms in total. The van der Waals surface area contributed by atoms with Gasteiger partial charge in [-0.15, -0.1) is 0 Å². The molecule has 0 bridgehead atoms. The molecule has 1 heterocycles. The topological polar surface area (TPSA) is 15.3 Å². The van der Waals surface area contributed by atoms with Crippen LogP contribution < -0.4 is 5.32 Å². The molecule has 0 amide bonds.